The monoisotopic (exact) mass is 288 g/mol. The lowest BCUT2D eigenvalue weighted by Gasteiger charge is -2.26. The molecule has 1 amide bonds. The highest BCUT2D eigenvalue weighted by molar-refractivity contribution is 5.97. The van der Waals surface area contributed by atoms with Gasteiger partial charge in [-0.2, -0.15) is 5.26 Å². The van der Waals surface area contributed by atoms with Crippen LogP contribution in [0.15, 0.2) is 18.1 Å². The fraction of sp³-hybridized carbons (Fsp3) is 0.467. The first-order valence-corrected chi connectivity index (χ1v) is 7.10. The lowest BCUT2D eigenvalue weighted by Crippen LogP contribution is -2.38. The van der Waals surface area contributed by atoms with Gasteiger partial charge < -0.3 is 15.2 Å². The number of aromatic nitrogens is 1. The second-order valence-electron chi connectivity index (χ2n) is 5.56. The van der Waals surface area contributed by atoms with Crippen molar-refractivity contribution in [2.24, 2.45) is 5.73 Å². The first-order chi connectivity index (χ1) is 10.2. The average molecular weight is 288 g/mol. The number of rotatable bonds is 4. The Morgan fingerprint density at radius 3 is 2.90 bits per heavy atom. The Morgan fingerprint density at radius 1 is 1.57 bits per heavy atom. The highest BCUT2D eigenvalue weighted by atomic mass is 19.1. The summed E-state index contributed by atoms with van der Waals surface area (Å²) in [7, 11) is 0. The van der Waals surface area contributed by atoms with Gasteiger partial charge in [0, 0.05) is 37.4 Å². The second kappa shape index (κ2) is 5.34. The van der Waals surface area contributed by atoms with Crippen LogP contribution >= 0.6 is 0 Å². The third-order valence-corrected chi connectivity index (χ3v) is 4.16. The van der Waals surface area contributed by atoms with Gasteiger partial charge in [0.1, 0.15) is 11.8 Å². The Morgan fingerprint density at radius 2 is 2.33 bits per heavy atom. The molecule has 21 heavy (non-hydrogen) atoms. The molecule has 1 saturated carbocycles. The number of amides is 1. The Kier molecular flexibility index (Phi) is 3.52. The van der Waals surface area contributed by atoms with Crippen molar-refractivity contribution in [2.45, 2.75) is 31.8 Å². The highest BCUT2D eigenvalue weighted by Gasteiger charge is 2.37. The van der Waals surface area contributed by atoms with Gasteiger partial charge in [0.15, 0.2) is 0 Å². The predicted molar refractivity (Wildman–Crippen MR) is 75.2 cm³/mol. The van der Waals surface area contributed by atoms with E-state index in [2.05, 4.69) is 6.07 Å². The summed E-state index contributed by atoms with van der Waals surface area (Å²) in [5, 5.41) is 9.36. The summed E-state index contributed by atoms with van der Waals surface area (Å²) in [6, 6.07) is 2.50. The Bertz CT molecular complexity index is 651. The van der Waals surface area contributed by atoms with Crippen LogP contribution < -0.4 is 5.73 Å². The predicted octanol–water partition coefficient (Wildman–Crippen LogP) is 1.33. The zero-order valence-electron chi connectivity index (χ0n) is 11.7. The number of hydrogen-bond donors (Lipinski definition) is 1. The lowest BCUT2D eigenvalue weighted by atomic mass is 10.0. The van der Waals surface area contributed by atoms with Gasteiger partial charge in [-0.1, -0.05) is 0 Å². The molecule has 1 aromatic heterocycles. The van der Waals surface area contributed by atoms with Crippen molar-refractivity contribution < 1.29 is 9.18 Å². The van der Waals surface area contributed by atoms with E-state index in [9.17, 15) is 14.4 Å². The van der Waals surface area contributed by atoms with Crippen molar-refractivity contribution >= 4 is 5.91 Å². The van der Waals surface area contributed by atoms with E-state index in [1.54, 1.807) is 10.8 Å². The quantitative estimate of drug-likeness (QED) is 0.908. The minimum atomic E-state index is -0.00692. The van der Waals surface area contributed by atoms with Gasteiger partial charge in [-0.25, -0.2) is 4.39 Å². The molecule has 2 heterocycles. The molecule has 2 N–H and O–H groups in total. The molecular weight excluding hydrogens is 271 g/mol. The van der Waals surface area contributed by atoms with Crippen LogP contribution in [0, 0.1) is 11.3 Å². The Balaban J connectivity index is 1.96. The first-order valence-electron chi connectivity index (χ1n) is 7.10. The van der Waals surface area contributed by atoms with Gasteiger partial charge >= 0.3 is 0 Å². The van der Waals surface area contributed by atoms with Crippen LogP contribution in [-0.2, 0) is 13.0 Å². The van der Waals surface area contributed by atoms with Crippen molar-refractivity contribution in [3.63, 3.8) is 0 Å². The SMILES string of the molecule is N#Cc1c2c(cn1C/C(=C/F)CN)C(=O)N(C1CC1)CC2. The van der Waals surface area contributed by atoms with Crippen molar-refractivity contribution in [1.82, 2.24) is 9.47 Å². The van der Waals surface area contributed by atoms with Gasteiger partial charge in [-0.3, -0.25) is 4.79 Å². The van der Waals surface area contributed by atoms with Crippen LogP contribution in [0.3, 0.4) is 0 Å². The summed E-state index contributed by atoms with van der Waals surface area (Å²) in [6.45, 7) is 0.962. The average Bonchev–Trinajstić information content (AvgIpc) is 3.26. The normalized spacial score (nSPS) is 18.6. The maximum atomic E-state index is 12.7. The summed E-state index contributed by atoms with van der Waals surface area (Å²) in [4.78, 5) is 14.4. The van der Waals surface area contributed by atoms with E-state index in [1.807, 2.05) is 4.90 Å². The smallest absolute Gasteiger partial charge is 0.255 e. The summed E-state index contributed by atoms with van der Waals surface area (Å²) in [6.07, 6.45) is 4.96. The molecule has 0 unspecified atom stereocenters. The molecule has 1 aliphatic carbocycles. The molecule has 3 rings (SSSR count). The van der Waals surface area contributed by atoms with E-state index in [0.29, 0.717) is 42.2 Å². The molecule has 1 aliphatic heterocycles. The number of nitriles is 1. The fourth-order valence-corrected chi connectivity index (χ4v) is 2.88. The molecule has 0 bridgehead atoms. The maximum absolute atomic E-state index is 12.7. The van der Waals surface area contributed by atoms with E-state index in [1.165, 1.54) is 0 Å². The molecule has 0 spiro atoms. The molecule has 110 valence electrons. The standard InChI is InChI=1S/C15H17FN4O/c16-5-10(6-17)8-19-9-13-12(14(19)7-18)3-4-20(15(13)21)11-1-2-11/h5,9,11H,1-4,6,8,17H2/b10-5+. The molecule has 1 fully saturated rings. The molecule has 6 heteroatoms. The number of hydrogen-bond acceptors (Lipinski definition) is 3. The number of halogens is 1. The third kappa shape index (κ3) is 2.34. The van der Waals surface area contributed by atoms with E-state index in [0.717, 1.165) is 18.4 Å². The van der Waals surface area contributed by atoms with E-state index in [4.69, 9.17) is 5.73 Å². The summed E-state index contributed by atoms with van der Waals surface area (Å²) in [5.74, 6) is -0.00692. The molecule has 1 aromatic rings. The largest absolute Gasteiger partial charge is 0.335 e. The first kappa shape index (κ1) is 13.8. The zero-order chi connectivity index (χ0) is 15.0. The van der Waals surface area contributed by atoms with Gasteiger partial charge in [0.05, 0.1) is 11.9 Å². The topological polar surface area (TPSA) is 75.0 Å². The summed E-state index contributed by atoms with van der Waals surface area (Å²) in [5.41, 5.74) is 7.67. The van der Waals surface area contributed by atoms with Crippen LogP contribution in [0.1, 0.15) is 34.5 Å². The van der Waals surface area contributed by atoms with Crippen LogP contribution in [0.5, 0.6) is 0 Å². The van der Waals surface area contributed by atoms with Gasteiger partial charge in [-0.15, -0.1) is 0 Å². The molecular formula is C15H17FN4O. The number of fused-ring (bicyclic) bond motifs is 1. The number of carbonyl (C=O) groups is 1. The summed E-state index contributed by atoms with van der Waals surface area (Å²) >= 11 is 0. The van der Waals surface area contributed by atoms with E-state index >= 15 is 0 Å². The molecule has 0 radical (unpaired) electrons. The molecule has 0 atom stereocenters. The minimum Gasteiger partial charge on any atom is -0.335 e. The van der Waals surface area contributed by atoms with Crippen LogP contribution in [0.4, 0.5) is 4.39 Å². The molecule has 2 aliphatic rings. The van der Waals surface area contributed by atoms with Gasteiger partial charge in [0.2, 0.25) is 0 Å². The Labute approximate surface area is 122 Å². The Hall–Kier alpha value is -2.13. The van der Waals surface area contributed by atoms with Crippen LogP contribution in [0.2, 0.25) is 0 Å². The third-order valence-electron chi connectivity index (χ3n) is 4.16. The van der Waals surface area contributed by atoms with Gasteiger partial charge in [0.25, 0.3) is 5.91 Å². The van der Waals surface area contributed by atoms with Crippen molar-refractivity contribution in [2.75, 3.05) is 13.1 Å². The zero-order valence-corrected chi connectivity index (χ0v) is 11.7. The number of carbonyl (C=O) groups excluding carboxylic acids is 1. The molecule has 5 nitrogen and oxygen atoms in total. The number of nitrogens with zero attached hydrogens (tertiary/aromatic N) is 3. The van der Waals surface area contributed by atoms with Crippen LogP contribution in [-0.4, -0.2) is 34.5 Å². The van der Waals surface area contributed by atoms with Crippen molar-refractivity contribution in [1.29, 1.82) is 5.26 Å². The summed E-state index contributed by atoms with van der Waals surface area (Å²) < 4.78 is 14.3. The molecule has 0 saturated heterocycles. The van der Waals surface area contributed by atoms with Gasteiger partial charge in [-0.05, 0) is 24.8 Å². The lowest BCUT2D eigenvalue weighted by molar-refractivity contribution is 0.0727. The van der Waals surface area contributed by atoms with Crippen molar-refractivity contribution in [3.05, 3.63) is 34.9 Å². The highest BCUT2D eigenvalue weighted by Crippen LogP contribution is 2.33. The fourth-order valence-electron chi connectivity index (χ4n) is 2.88. The second-order valence-corrected chi connectivity index (χ2v) is 5.56. The maximum Gasteiger partial charge on any atom is 0.255 e. The van der Waals surface area contributed by atoms with E-state index < -0.39 is 0 Å². The number of nitrogens with two attached hydrogens (primary N) is 1. The van der Waals surface area contributed by atoms with E-state index in [-0.39, 0.29) is 19.0 Å². The molecule has 0 aromatic carbocycles. The minimum absolute atomic E-state index is 0.00692. The van der Waals surface area contributed by atoms with Crippen LogP contribution in [0.25, 0.3) is 0 Å². The van der Waals surface area contributed by atoms with Crippen molar-refractivity contribution in [3.8, 4) is 6.07 Å².